The summed E-state index contributed by atoms with van der Waals surface area (Å²) < 4.78 is 2.45. The minimum absolute atomic E-state index is 1.19. The van der Waals surface area contributed by atoms with Gasteiger partial charge in [-0.25, -0.2) is 0 Å². The summed E-state index contributed by atoms with van der Waals surface area (Å²) in [5.74, 6) is 0. The monoisotopic (exact) mass is 388 g/mol. The van der Waals surface area contributed by atoms with Gasteiger partial charge in [0, 0.05) is 21.4 Å². The van der Waals surface area contributed by atoms with Crippen LogP contribution in [-0.4, -0.2) is 4.40 Å². The summed E-state index contributed by atoms with van der Waals surface area (Å²) >= 11 is 1.89. The molecule has 0 unspecified atom stereocenters. The van der Waals surface area contributed by atoms with E-state index in [2.05, 4.69) is 106 Å². The molecule has 4 heterocycles. The van der Waals surface area contributed by atoms with E-state index in [1.54, 1.807) is 0 Å². The molecule has 136 valence electrons. The normalized spacial score (nSPS) is 13.3. The van der Waals surface area contributed by atoms with Gasteiger partial charge in [-0.15, -0.1) is 0 Å². The summed E-state index contributed by atoms with van der Waals surface area (Å²) in [6.07, 6.45) is 0. The highest BCUT2D eigenvalue weighted by atomic mass is 32.2. The van der Waals surface area contributed by atoms with E-state index < -0.39 is 0 Å². The first-order chi connectivity index (χ1) is 14.4. The number of rotatable bonds is 1. The Kier molecular flexibility index (Phi) is 2.97. The average Bonchev–Trinajstić information content (AvgIpc) is 3.30. The molecule has 1 aliphatic heterocycles. The molecule has 0 spiro atoms. The van der Waals surface area contributed by atoms with Crippen molar-refractivity contribution in [3.63, 3.8) is 0 Å². The third kappa shape index (κ3) is 1.93. The van der Waals surface area contributed by atoms with Gasteiger partial charge in [-0.1, -0.05) is 72.4 Å². The number of nitrogens with zero attached hydrogens (tertiary/aromatic N) is 2. The molecule has 0 radical (unpaired) electrons. The molecule has 3 aromatic heterocycles. The molecule has 0 amide bonds. The van der Waals surface area contributed by atoms with Crippen molar-refractivity contribution in [1.82, 2.24) is 4.40 Å². The van der Waals surface area contributed by atoms with Gasteiger partial charge in [0.2, 0.25) is 0 Å². The van der Waals surface area contributed by atoms with E-state index in [9.17, 15) is 0 Å². The lowest BCUT2D eigenvalue weighted by molar-refractivity contribution is 1.20. The van der Waals surface area contributed by atoms with Crippen molar-refractivity contribution in [3.05, 3.63) is 97.1 Å². The fourth-order valence-corrected chi connectivity index (χ4v) is 5.92. The first kappa shape index (κ1) is 15.5. The van der Waals surface area contributed by atoms with Crippen LogP contribution >= 0.6 is 11.8 Å². The maximum absolute atomic E-state index is 2.45. The molecule has 2 nitrogen and oxygen atoms in total. The molecule has 3 aromatic carbocycles. The van der Waals surface area contributed by atoms with Crippen molar-refractivity contribution in [3.8, 4) is 0 Å². The van der Waals surface area contributed by atoms with Crippen LogP contribution in [0.15, 0.2) is 107 Å². The molecule has 6 aromatic rings. The van der Waals surface area contributed by atoms with Gasteiger partial charge >= 0.3 is 0 Å². The Bertz CT molecular complexity index is 1530. The first-order valence-corrected chi connectivity index (χ1v) is 10.6. The van der Waals surface area contributed by atoms with Gasteiger partial charge in [0.1, 0.15) is 0 Å². The number of fused-ring (bicyclic) bond motifs is 7. The first-order valence-electron chi connectivity index (χ1n) is 9.81. The minimum atomic E-state index is 1.19. The second kappa shape index (κ2) is 5.56. The molecule has 29 heavy (non-hydrogen) atoms. The molecule has 0 atom stereocenters. The number of para-hydroxylation sites is 2. The third-order valence-electron chi connectivity index (χ3n) is 5.90. The second-order valence-corrected chi connectivity index (χ2v) is 8.50. The quantitative estimate of drug-likeness (QED) is 0.286. The van der Waals surface area contributed by atoms with E-state index in [1.807, 2.05) is 11.8 Å². The van der Waals surface area contributed by atoms with E-state index in [4.69, 9.17) is 0 Å². The number of hydrogen-bond acceptors (Lipinski definition) is 2. The minimum Gasteiger partial charge on any atom is -0.306 e. The Hall–Kier alpha value is -3.43. The van der Waals surface area contributed by atoms with Crippen LogP contribution in [0.25, 0.3) is 27.3 Å². The number of aromatic nitrogens is 1. The number of pyridine rings is 1. The predicted molar refractivity (Wildman–Crippen MR) is 122 cm³/mol. The van der Waals surface area contributed by atoms with Crippen molar-refractivity contribution in [2.75, 3.05) is 4.90 Å². The Morgan fingerprint density at radius 1 is 0.586 bits per heavy atom. The lowest BCUT2D eigenvalue weighted by atomic mass is 10.1. The van der Waals surface area contributed by atoms with E-state index >= 15 is 0 Å². The maximum Gasteiger partial charge on any atom is 0.0871 e. The topological polar surface area (TPSA) is 7.65 Å². The number of benzene rings is 3. The lowest BCUT2D eigenvalue weighted by Gasteiger charge is -2.31. The highest BCUT2D eigenvalue weighted by Crippen LogP contribution is 2.57. The van der Waals surface area contributed by atoms with Crippen LogP contribution in [0.5, 0.6) is 0 Å². The molecule has 1 aliphatic rings. The molecular formula is C26H16N2S. The third-order valence-corrected chi connectivity index (χ3v) is 7.07. The predicted octanol–water partition coefficient (Wildman–Crippen LogP) is 7.62. The summed E-state index contributed by atoms with van der Waals surface area (Å²) in [4.78, 5) is 5.07. The fraction of sp³-hybridized carbons (Fsp3) is 0. The van der Waals surface area contributed by atoms with Crippen LogP contribution in [0.3, 0.4) is 0 Å². The molecule has 0 bridgehead atoms. The van der Waals surface area contributed by atoms with Crippen LogP contribution < -0.4 is 4.90 Å². The Labute approximate surface area is 172 Å². The zero-order valence-corrected chi connectivity index (χ0v) is 16.4. The van der Waals surface area contributed by atoms with Crippen LogP contribution in [0.1, 0.15) is 0 Å². The van der Waals surface area contributed by atoms with Gasteiger partial charge in [-0.05, 0) is 36.4 Å². The van der Waals surface area contributed by atoms with Gasteiger partial charge in [-0.2, -0.15) is 0 Å². The van der Waals surface area contributed by atoms with E-state index in [1.165, 1.54) is 54.2 Å². The zero-order chi connectivity index (χ0) is 18.9. The molecular weight excluding hydrogens is 372 g/mol. The molecule has 7 rings (SSSR count). The highest BCUT2D eigenvalue weighted by Gasteiger charge is 2.32. The van der Waals surface area contributed by atoms with Crippen LogP contribution in [0, 0.1) is 0 Å². The number of hydrogen-bond donors (Lipinski definition) is 0. The van der Waals surface area contributed by atoms with E-state index in [0.717, 1.165) is 0 Å². The van der Waals surface area contributed by atoms with Gasteiger partial charge in [-0.3, -0.25) is 0 Å². The van der Waals surface area contributed by atoms with E-state index in [-0.39, 0.29) is 0 Å². The van der Waals surface area contributed by atoms with Crippen LogP contribution in [-0.2, 0) is 0 Å². The zero-order valence-electron chi connectivity index (χ0n) is 15.5. The standard InChI is InChI=1S/C26H16N2S/c1-2-9-17(10-3-1)27-21-13-6-7-16-23(21)29-26-22-15-8-14-20-18-11-4-5-12-19(18)24(25(26)27)28(20)22/h1-16H. The SMILES string of the molecule is c1ccc(N2c3ccccc3Sc3c2c2c4ccccc4c4cccc3n42)cc1. The fourth-order valence-electron chi connectivity index (χ4n) is 4.75. The van der Waals surface area contributed by atoms with Gasteiger partial charge in [0.05, 0.1) is 32.8 Å². The summed E-state index contributed by atoms with van der Waals surface area (Å²) in [6.45, 7) is 0. The summed E-state index contributed by atoms with van der Waals surface area (Å²) in [7, 11) is 0. The Morgan fingerprint density at radius 2 is 1.31 bits per heavy atom. The molecule has 0 fully saturated rings. The van der Waals surface area contributed by atoms with Gasteiger partial charge < -0.3 is 9.30 Å². The van der Waals surface area contributed by atoms with Gasteiger partial charge in [0.25, 0.3) is 0 Å². The molecule has 0 saturated carbocycles. The van der Waals surface area contributed by atoms with Crippen molar-refractivity contribution < 1.29 is 0 Å². The number of anilines is 3. The van der Waals surface area contributed by atoms with Crippen molar-refractivity contribution >= 4 is 56.1 Å². The maximum atomic E-state index is 2.45. The van der Waals surface area contributed by atoms with Gasteiger partial charge in [0.15, 0.2) is 0 Å². The molecule has 0 N–H and O–H groups in total. The van der Waals surface area contributed by atoms with Crippen molar-refractivity contribution in [1.29, 1.82) is 0 Å². The highest BCUT2D eigenvalue weighted by molar-refractivity contribution is 8.00. The summed E-state index contributed by atoms with van der Waals surface area (Å²) in [5, 5.41) is 2.62. The molecule has 3 heteroatoms. The van der Waals surface area contributed by atoms with Crippen molar-refractivity contribution in [2.24, 2.45) is 0 Å². The smallest absolute Gasteiger partial charge is 0.0871 e. The van der Waals surface area contributed by atoms with Crippen LogP contribution in [0.2, 0.25) is 0 Å². The average molecular weight is 388 g/mol. The molecule has 0 saturated heterocycles. The van der Waals surface area contributed by atoms with E-state index in [0.29, 0.717) is 0 Å². The molecule has 0 aliphatic carbocycles. The van der Waals surface area contributed by atoms with Crippen LogP contribution in [0.4, 0.5) is 17.1 Å². The Morgan fingerprint density at radius 3 is 2.21 bits per heavy atom. The lowest BCUT2D eigenvalue weighted by Crippen LogP contribution is -2.13. The largest absolute Gasteiger partial charge is 0.306 e. The second-order valence-electron chi connectivity index (χ2n) is 7.44. The summed E-state index contributed by atoms with van der Waals surface area (Å²) in [5.41, 5.74) is 7.59. The summed E-state index contributed by atoms with van der Waals surface area (Å²) in [6, 6.07) is 34.9. The van der Waals surface area contributed by atoms with Crippen molar-refractivity contribution in [2.45, 2.75) is 9.79 Å². The Balaban J connectivity index is 1.71.